The lowest BCUT2D eigenvalue weighted by atomic mass is 10.1. The first-order valence-electron chi connectivity index (χ1n) is 9.28. The monoisotopic (exact) mass is 359 g/mol. The number of carbonyl (C=O) groups is 1. The maximum Gasteiger partial charge on any atom is 0.259 e. The van der Waals surface area contributed by atoms with Crippen LogP contribution in [0.15, 0.2) is 18.6 Å². The fraction of sp³-hybridized carbons (Fsp3) is 0.611. The van der Waals surface area contributed by atoms with Gasteiger partial charge in [-0.15, -0.1) is 0 Å². The van der Waals surface area contributed by atoms with Crippen molar-refractivity contribution in [1.29, 1.82) is 0 Å². The Bertz CT molecular complexity index is 757. The van der Waals surface area contributed by atoms with Gasteiger partial charge in [0.1, 0.15) is 0 Å². The Balaban J connectivity index is 1.40. The Labute approximate surface area is 152 Å². The van der Waals surface area contributed by atoms with Crippen molar-refractivity contribution in [2.45, 2.75) is 51.3 Å². The van der Waals surface area contributed by atoms with Crippen molar-refractivity contribution in [2.24, 2.45) is 0 Å². The highest BCUT2D eigenvalue weighted by molar-refractivity contribution is 6.04. The van der Waals surface area contributed by atoms with Gasteiger partial charge in [0, 0.05) is 31.7 Å². The smallest absolute Gasteiger partial charge is 0.259 e. The highest BCUT2D eigenvalue weighted by atomic mass is 16.5. The van der Waals surface area contributed by atoms with Crippen LogP contribution in [0.5, 0.6) is 0 Å². The first kappa shape index (κ1) is 17.2. The Morgan fingerprint density at radius 3 is 2.85 bits per heavy atom. The topological polar surface area (TPSA) is 83.2 Å². The van der Waals surface area contributed by atoms with Crippen LogP contribution in [0.4, 0.5) is 5.69 Å². The first-order chi connectivity index (χ1) is 12.7. The molecule has 0 aliphatic carbocycles. The van der Waals surface area contributed by atoms with Gasteiger partial charge in [-0.05, 0) is 32.6 Å². The zero-order valence-corrected chi connectivity index (χ0v) is 15.1. The Morgan fingerprint density at radius 2 is 2.08 bits per heavy atom. The van der Waals surface area contributed by atoms with E-state index in [0.29, 0.717) is 17.3 Å². The molecular weight excluding hydrogens is 334 g/mol. The normalized spacial score (nSPS) is 21.2. The number of nitrogens with one attached hydrogen (secondary N) is 1. The quantitative estimate of drug-likeness (QED) is 0.885. The molecule has 8 heteroatoms. The molecule has 2 aromatic heterocycles. The third-order valence-corrected chi connectivity index (χ3v) is 5.13. The minimum absolute atomic E-state index is 0.155. The minimum Gasteiger partial charge on any atom is -0.381 e. The van der Waals surface area contributed by atoms with Crippen LogP contribution in [0.1, 0.15) is 47.8 Å². The second kappa shape index (κ2) is 7.59. The van der Waals surface area contributed by atoms with Crippen molar-refractivity contribution < 1.29 is 14.3 Å². The Hall–Kier alpha value is -2.19. The maximum absolute atomic E-state index is 12.6. The SMILES string of the molecule is Cc1c(C(=O)Nc2cnn(CC3CCCO3)c2)cnn1C1CCOCC1. The van der Waals surface area contributed by atoms with E-state index in [0.717, 1.165) is 57.7 Å². The highest BCUT2D eigenvalue weighted by Crippen LogP contribution is 2.23. The highest BCUT2D eigenvalue weighted by Gasteiger charge is 2.22. The summed E-state index contributed by atoms with van der Waals surface area (Å²) >= 11 is 0. The number of nitrogens with zero attached hydrogens (tertiary/aromatic N) is 4. The molecule has 0 saturated carbocycles. The average molecular weight is 359 g/mol. The third kappa shape index (κ3) is 3.66. The van der Waals surface area contributed by atoms with Crippen LogP contribution in [-0.4, -0.2) is 51.4 Å². The molecule has 26 heavy (non-hydrogen) atoms. The number of carbonyl (C=O) groups excluding carboxylic acids is 1. The molecule has 0 aromatic carbocycles. The molecule has 2 aromatic rings. The van der Waals surface area contributed by atoms with Crippen molar-refractivity contribution in [3.63, 3.8) is 0 Å². The lowest BCUT2D eigenvalue weighted by Crippen LogP contribution is -2.22. The molecule has 1 unspecified atom stereocenters. The van der Waals surface area contributed by atoms with Gasteiger partial charge in [0.25, 0.3) is 5.91 Å². The van der Waals surface area contributed by atoms with Gasteiger partial charge >= 0.3 is 0 Å². The molecule has 1 atom stereocenters. The molecule has 2 saturated heterocycles. The maximum atomic E-state index is 12.6. The zero-order chi connectivity index (χ0) is 17.9. The number of aromatic nitrogens is 4. The number of amides is 1. The second-order valence-corrected chi connectivity index (χ2v) is 6.97. The molecule has 2 aliphatic rings. The fourth-order valence-electron chi connectivity index (χ4n) is 3.67. The van der Waals surface area contributed by atoms with Gasteiger partial charge < -0.3 is 14.8 Å². The summed E-state index contributed by atoms with van der Waals surface area (Å²) in [6.07, 6.45) is 9.41. The van der Waals surface area contributed by atoms with E-state index in [2.05, 4.69) is 15.5 Å². The number of anilines is 1. The van der Waals surface area contributed by atoms with Crippen LogP contribution in [0.2, 0.25) is 0 Å². The van der Waals surface area contributed by atoms with Gasteiger partial charge in [0.15, 0.2) is 0 Å². The Morgan fingerprint density at radius 1 is 1.23 bits per heavy atom. The largest absolute Gasteiger partial charge is 0.381 e. The van der Waals surface area contributed by atoms with E-state index in [-0.39, 0.29) is 12.0 Å². The van der Waals surface area contributed by atoms with Crippen LogP contribution >= 0.6 is 0 Å². The molecule has 2 fully saturated rings. The summed E-state index contributed by atoms with van der Waals surface area (Å²) in [5.74, 6) is -0.155. The molecule has 0 spiro atoms. The number of ether oxygens (including phenoxy) is 2. The predicted molar refractivity (Wildman–Crippen MR) is 95.2 cm³/mol. The molecule has 0 bridgehead atoms. The lowest BCUT2D eigenvalue weighted by Gasteiger charge is -2.23. The first-order valence-corrected chi connectivity index (χ1v) is 9.28. The van der Waals surface area contributed by atoms with Gasteiger partial charge in [-0.25, -0.2) is 0 Å². The summed E-state index contributed by atoms with van der Waals surface area (Å²) < 4.78 is 14.8. The average Bonchev–Trinajstić information content (AvgIpc) is 3.38. The van der Waals surface area contributed by atoms with Gasteiger partial charge in [0.2, 0.25) is 0 Å². The molecule has 1 amide bonds. The predicted octanol–water partition coefficient (Wildman–Crippen LogP) is 2.17. The fourth-order valence-corrected chi connectivity index (χ4v) is 3.67. The van der Waals surface area contributed by atoms with Crippen molar-refractivity contribution in [3.8, 4) is 0 Å². The number of hydrogen-bond donors (Lipinski definition) is 1. The van der Waals surface area contributed by atoms with E-state index >= 15 is 0 Å². The summed E-state index contributed by atoms with van der Waals surface area (Å²) in [7, 11) is 0. The molecule has 4 rings (SSSR count). The molecule has 4 heterocycles. The van der Waals surface area contributed by atoms with Crippen molar-refractivity contribution in [2.75, 3.05) is 25.1 Å². The van der Waals surface area contributed by atoms with E-state index in [1.807, 2.05) is 22.5 Å². The van der Waals surface area contributed by atoms with E-state index in [4.69, 9.17) is 9.47 Å². The van der Waals surface area contributed by atoms with Crippen LogP contribution in [0, 0.1) is 6.92 Å². The van der Waals surface area contributed by atoms with Crippen molar-refractivity contribution in [3.05, 3.63) is 29.8 Å². The van der Waals surface area contributed by atoms with E-state index in [1.165, 1.54) is 0 Å². The molecule has 0 radical (unpaired) electrons. The van der Waals surface area contributed by atoms with Gasteiger partial charge in [-0.2, -0.15) is 10.2 Å². The third-order valence-electron chi connectivity index (χ3n) is 5.13. The zero-order valence-electron chi connectivity index (χ0n) is 15.1. The van der Waals surface area contributed by atoms with Gasteiger partial charge in [0.05, 0.1) is 42.3 Å². The minimum atomic E-state index is -0.155. The summed E-state index contributed by atoms with van der Waals surface area (Å²) in [5.41, 5.74) is 2.18. The summed E-state index contributed by atoms with van der Waals surface area (Å²) in [6, 6.07) is 0.305. The van der Waals surface area contributed by atoms with Crippen LogP contribution < -0.4 is 5.32 Å². The molecule has 140 valence electrons. The van der Waals surface area contributed by atoms with Gasteiger partial charge in [-0.1, -0.05) is 0 Å². The van der Waals surface area contributed by atoms with Gasteiger partial charge in [-0.3, -0.25) is 14.2 Å². The number of hydrogen-bond acceptors (Lipinski definition) is 5. The second-order valence-electron chi connectivity index (χ2n) is 6.97. The standard InChI is InChI=1S/C18H25N5O3/c1-13-17(10-20-23(13)15-4-7-25-8-5-15)18(24)21-14-9-19-22(11-14)12-16-3-2-6-26-16/h9-11,15-16H,2-8,12H2,1H3,(H,21,24). The van der Waals surface area contributed by atoms with E-state index < -0.39 is 0 Å². The summed E-state index contributed by atoms with van der Waals surface area (Å²) in [5, 5.41) is 11.7. The number of rotatable bonds is 5. The summed E-state index contributed by atoms with van der Waals surface area (Å²) in [6.45, 7) is 4.98. The summed E-state index contributed by atoms with van der Waals surface area (Å²) in [4.78, 5) is 12.6. The Kier molecular flexibility index (Phi) is 5.03. The molecule has 1 N–H and O–H groups in total. The van der Waals surface area contributed by atoms with E-state index in [9.17, 15) is 4.79 Å². The van der Waals surface area contributed by atoms with Crippen LogP contribution in [-0.2, 0) is 16.0 Å². The lowest BCUT2D eigenvalue weighted by molar-refractivity contribution is 0.0656. The molecule has 2 aliphatic heterocycles. The van der Waals surface area contributed by atoms with Crippen molar-refractivity contribution in [1.82, 2.24) is 19.6 Å². The molecular formula is C18H25N5O3. The van der Waals surface area contributed by atoms with Crippen LogP contribution in [0.3, 0.4) is 0 Å². The van der Waals surface area contributed by atoms with E-state index in [1.54, 1.807) is 12.4 Å². The van der Waals surface area contributed by atoms with Crippen molar-refractivity contribution >= 4 is 11.6 Å². The molecule has 8 nitrogen and oxygen atoms in total. The van der Waals surface area contributed by atoms with Crippen LogP contribution in [0.25, 0.3) is 0 Å².